The molecule has 0 bridgehead atoms. The molecular formula is C13H17N5O2. The van der Waals surface area contributed by atoms with Crippen LogP contribution in [0.1, 0.15) is 24.8 Å². The van der Waals surface area contributed by atoms with E-state index in [-0.39, 0.29) is 11.3 Å². The second kappa shape index (κ2) is 6.30. The van der Waals surface area contributed by atoms with Crippen LogP contribution in [0.3, 0.4) is 0 Å². The molecule has 20 heavy (non-hydrogen) atoms. The quantitative estimate of drug-likeness (QED) is 0.657. The molecule has 0 radical (unpaired) electrons. The summed E-state index contributed by atoms with van der Waals surface area (Å²) in [4.78, 5) is 16.7. The van der Waals surface area contributed by atoms with E-state index in [4.69, 9.17) is 11.0 Å². The third-order valence-corrected chi connectivity index (χ3v) is 3.60. The Balaban J connectivity index is 2.32. The van der Waals surface area contributed by atoms with Crippen molar-refractivity contribution in [1.29, 1.82) is 5.26 Å². The standard InChI is InChI=1S/C13H17N5O2/c14-5-3-10-2-1-7-17(9-10)13-12(18(19)20)11(8-15)4-6-16-13/h4,6,10H,1-3,5,7,9,14H2. The number of hydrogen-bond acceptors (Lipinski definition) is 6. The van der Waals surface area contributed by atoms with Gasteiger partial charge >= 0.3 is 5.69 Å². The minimum absolute atomic E-state index is 0.0564. The van der Waals surface area contributed by atoms with Crippen molar-refractivity contribution in [2.45, 2.75) is 19.3 Å². The number of pyridine rings is 1. The van der Waals surface area contributed by atoms with Crippen LogP contribution in [0.4, 0.5) is 11.5 Å². The lowest BCUT2D eigenvalue weighted by Crippen LogP contribution is -2.37. The summed E-state index contributed by atoms with van der Waals surface area (Å²) in [6.45, 7) is 2.05. The van der Waals surface area contributed by atoms with E-state index in [1.54, 1.807) is 0 Å². The van der Waals surface area contributed by atoms with Crippen LogP contribution in [0.15, 0.2) is 12.3 Å². The highest BCUT2D eigenvalue weighted by atomic mass is 16.6. The molecule has 1 fully saturated rings. The van der Waals surface area contributed by atoms with Crippen LogP contribution in [-0.2, 0) is 0 Å². The first-order valence-corrected chi connectivity index (χ1v) is 6.66. The molecule has 0 spiro atoms. The van der Waals surface area contributed by atoms with Crippen LogP contribution in [-0.4, -0.2) is 29.5 Å². The van der Waals surface area contributed by atoms with Gasteiger partial charge in [0.1, 0.15) is 11.6 Å². The molecule has 2 N–H and O–H groups in total. The highest BCUT2D eigenvalue weighted by Crippen LogP contribution is 2.32. The summed E-state index contributed by atoms with van der Waals surface area (Å²) >= 11 is 0. The van der Waals surface area contributed by atoms with E-state index in [1.165, 1.54) is 12.3 Å². The molecule has 7 heteroatoms. The van der Waals surface area contributed by atoms with Crippen molar-refractivity contribution in [2.24, 2.45) is 11.7 Å². The smallest absolute Gasteiger partial charge is 0.329 e. The normalized spacial score (nSPS) is 18.6. The lowest BCUT2D eigenvalue weighted by atomic mass is 9.94. The minimum atomic E-state index is -0.520. The second-order valence-electron chi connectivity index (χ2n) is 4.93. The van der Waals surface area contributed by atoms with Crippen LogP contribution in [0, 0.1) is 27.4 Å². The van der Waals surface area contributed by atoms with E-state index in [0.717, 1.165) is 25.8 Å². The molecule has 1 aromatic heterocycles. The maximum atomic E-state index is 11.2. The molecular weight excluding hydrogens is 258 g/mol. The number of aromatic nitrogens is 1. The predicted molar refractivity (Wildman–Crippen MR) is 74.2 cm³/mol. The van der Waals surface area contributed by atoms with Crippen molar-refractivity contribution in [3.63, 3.8) is 0 Å². The van der Waals surface area contributed by atoms with Gasteiger partial charge in [-0.3, -0.25) is 10.1 Å². The third-order valence-electron chi connectivity index (χ3n) is 3.60. The van der Waals surface area contributed by atoms with E-state index in [1.807, 2.05) is 11.0 Å². The van der Waals surface area contributed by atoms with Crippen LogP contribution in [0.25, 0.3) is 0 Å². The van der Waals surface area contributed by atoms with Crippen molar-refractivity contribution < 1.29 is 4.92 Å². The average Bonchev–Trinajstić information content (AvgIpc) is 2.47. The average molecular weight is 275 g/mol. The molecule has 1 saturated heterocycles. The number of nitro groups is 1. The number of nitrogens with two attached hydrogens (primary N) is 1. The van der Waals surface area contributed by atoms with Gasteiger partial charge in [0.25, 0.3) is 0 Å². The molecule has 1 aromatic rings. The van der Waals surface area contributed by atoms with Crippen molar-refractivity contribution in [3.8, 4) is 6.07 Å². The van der Waals surface area contributed by atoms with Crippen LogP contribution < -0.4 is 10.6 Å². The first-order chi connectivity index (χ1) is 9.67. The number of rotatable bonds is 4. The zero-order chi connectivity index (χ0) is 14.5. The fourth-order valence-corrected chi connectivity index (χ4v) is 2.67. The molecule has 0 aromatic carbocycles. The van der Waals surface area contributed by atoms with Gasteiger partial charge in [-0.15, -0.1) is 0 Å². The fraction of sp³-hybridized carbons (Fsp3) is 0.538. The number of anilines is 1. The Morgan fingerprint density at radius 1 is 1.65 bits per heavy atom. The molecule has 2 rings (SSSR count). The maximum Gasteiger partial charge on any atom is 0.329 e. The molecule has 0 saturated carbocycles. The van der Waals surface area contributed by atoms with E-state index < -0.39 is 4.92 Å². The molecule has 2 heterocycles. The summed E-state index contributed by atoms with van der Waals surface area (Å²) in [5.41, 5.74) is 5.45. The predicted octanol–water partition coefficient (Wildman–Crippen LogP) is 1.43. The molecule has 0 amide bonds. The summed E-state index contributed by atoms with van der Waals surface area (Å²) < 4.78 is 0. The Hall–Kier alpha value is -2.20. The van der Waals surface area contributed by atoms with E-state index in [9.17, 15) is 10.1 Å². The van der Waals surface area contributed by atoms with E-state index >= 15 is 0 Å². The van der Waals surface area contributed by atoms with Gasteiger partial charge < -0.3 is 10.6 Å². The van der Waals surface area contributed by atoms with Crippen molar-refractivity contribution in [3.05, 3.63) is 27.9 Å². The van der Waals surface area contributed by atoms with Gasteiger partial charge in [0.05, 0.1) is 4.92 Å². The van der Waals surface area contributed by atoms with E-state index in [0.29, 0.717) is 24.8 Å². The number of piperidine rings is 1. The first kappa shape index (κ1) is 14.2. The third kappa shape index (κ3) is 2.86. The molecule has 1 unspecified atom stereocenters. The molecule has 1 aliphatic heterocycles. The summed E-state index contributed by atoms with van der Waals surface area (Å²) in [7, 11) is 0. The fourth-order valence-electron chi connectivity index (χ4n) is 2.67. The van der Waals surface area contributed by atoms with Crippen LogP contribution in [0.5, 0.6) is 0 Å². The highest BCUT2D eigenvalue weighted by Gasteiger charge is 2.28. The molecule has 7 nitrogen and oxygen atoms in total. The van der Waals surface area contributed by atoms with Crippen LogP contribution >= 0.6 is 0 Å². The zero-order valence-corrected chi connectivity index (χ0v) is 11.2. The topological polar surface area (TPSA) is 109 Å². The van der Waals surface area contributed by atoms with Gasteiger partial charge in [0, 0.05) is 19.3 Å². The summed E-state index contributed by atoms with van der Waals surface area (Å²) in [6, 6.07) is 3.24. The van der Waals surface area contributed by atoms with E-state index in [2.05, 4.69) is 4.98 Å². The summed E-state index contributed by atoms with van der Waals surface area (Å²) in [6.07, 6.45) is 4.40. The van der Waals surface area contributed by atoms with Crippen LogP contribution in [0.2, 0.25) is 0 Å². The largest absolute Gasteiger partial charge is 0.351 e. The lowest BCUT2D eigenvalue weighted by molar-refractivity contribution is -0.384. The first-order valence-electron chi connectivity index (χ1n) is 6.66. The van der Waals surface area contributed by atoms with Gasteiger partial charge in [-0.05, 0) is 37.8 Å². The van der Waals surface area contributed by atoms with Gasteiger partial charge in [-0.25, -0.2) is 4.98 Å². The zero-order valence-electron chi connectivity index (χ0n) is 11.2. The number of nitrogens with zero attached hydrogens (tertiary/aromatic N) is 4. The summed E-state index contributed by atoms with van der Waals surface area (Å²) in [5.74, 6) is 0.733. The van der Waals surface area contributed by atoms with Gasteiger partial charge in [0.2, 0.25) is 5.82 Å². The molecule has 1 atom stereocenters. The monoisotopic (exact) mass is 275 g/mol. The van der Waals surface area contributed by atoms with Crippen molar-refractivity contribution in [2.75, 3.05) is 24.5 Å². The lowest BCUT2D eigenvalue weighted by Gasteiger charge is -2.33. The second-order valence-corrected chi connectivity index (χ2v) is 4.93. The number of hydrogen-bond donors (Lipinski definition) is 1. The number of nitriles is 1. The van der Waals surface area contributed by atoms with Gasteiger partial charge in [-0.2, -0.15) is 5.26 Å². The Morgan fingerprint density at radius 3 is 3.10 bits per heavy atom. The SMILES string of the molecule is N#Cc1ccnc(N2CCCC(CCN)C2)c1[N+](=O)[O-]. The Bertz CT molecular complexity index is 538. The Labute approximate surface area is 117 Å². The maximum absolute atomic E-state index is 11.2. The minimum Gasteiger partial charge on any atom is -0.351 e. The van der Waals surface area contributed by atoms with Gasteiger partial charge in [0.15, 0.2) is 0 Å². The van der Waals surface area contributed by atoms with Gasteiger partial charge in [-0.1, -0.05) is 0 Å². The van der Waals surface area contributed by atoms with Crippen molar-refractivity contribution in [1.82, 2.24) is 4.98 Å². The Morgan fingerprint density at radius 2 is 2.45 bits per heavy atom. The summed E-state index contributed by atoms with van der Waals surface area (Å²) in [5, 5.41) is 20.2. The molecule has 0 aliphatic carbocycles. The van der Waals surface area contributed by atoms with Crippen molar-refractivity contribution >= 4 is 11.5 Å². The Kier molecular flexibility index (Phi) is 4.48. The highest BCUT2D eigenvalue weighted by molar-refractivity contribution is 5.65. The molecule has 106 valence electrons. The molecule has 1 aliphatic rings.